The van der Waals surface area contributed by atoms with E-state index in [0.29, 0.717) is 0 Å². The van der Waals surface area contributed by atoms with E-state index in [1.165, 1.54) is 0 Å². The number of hydrogen-bond acceptors (Lipinski definition) is 4. The Labute approximate surface area is 428 Å². The molecule has 74 heavy (non-hydrogen) atoms. The van der Waals surface area contributed by atoms with Crippen molar-refractivity contribution < 1.29 is 8.83 Å². The normalized spacial score (nSPS) is 11.5. The lowest BCUT2D eigenvalue weighted by Crippen LogP contribution is -2.14. The van der Waals surface area contributed by atoms with Crippen molar-refractivity contribution in [2.75, 3.05) is 9.80 Å². The topological polar surface area (TPSA) is 32.8 Å². The van der Waals surface area contributed by atoms with Crippen molar-refractivity contribution in [3.05, 3.63) is 279 Å². The zero-order chi connectivity index (χ0) is 49.0. The van der Waals surface area contributed by atoms with E-state index >= 15 is 0 Å². The smallest absolute Gasteiger partial charge is 0.137 e. The van der Waals surface area contributed by atoms with E-state index in [-0.39, 0.29) is 0 Å². The Bertz CT molecular complexity index is 4370. The van der Waals surface area contributed by atoms with Crippen LogP contribution in [0.1, 0.15) is 0 Å². The zero-order valence-electron chi connectivity index (χ0n) is 40.3. The molecule has 0 amide bonds. The van der Waals surface area contributed by atoms with E-state index in [1.54, 1.807) is 0 Å². The lowest BCUT2D eigenvalue weighted by Gasteiger charge is -2.32. The molecule has 0 aliphatic heterocycles. The Morgan fingerprint density at radius 1 is 0.230 bits per heavy atom. The molecule has 0 fully saturated rings. The van der Waals surface area contributed by atoms with Gasteiger partial charge in [-0.3, -0.25) is 0 Å². The van der Waals surface area contributed by atoms with Crippen molar-refractivity contribution in [1.82, 2.24) is 0 Å². The molecule has 0 saturated carbocycles. The molecule has 4 heteroatoms. The third-order valence-electron chi connectivity index (χ3n) is 14.4. The van der Waals surface area contributed by atoms with Crippen molar-refractivity contribution in [1.29, 1.82) is 0 Å². The van der Waals surface area contributed by atoms with Gasteiger partial charge >= 0.3 is 0 Å². The number of para-hydroxylation sites is 4. The summed E-state index contributed by atoms with van der Waals surface area (Å²) in [5, 5.41) is 6.44. The number of fused-ring (bicyclic) bond motifs is 7. The Balaban J connectivity index is 1.13. The van der Waals surface area contributed by atoms with E-state index in [4.69, 9.17) is 8.83 Å². The van der Waals surface area contributed by atoms with Crippen LogP contribution in [0.2, 0.25) is 0 Å². The van der Waals surface area contributed by atoms with Crippen LogP contribution in [0, 0.1) is 0 Å². The van der Waals surface area contributed by atoms with Crippen LogP contribution in [-0.4, -0.2) is 0 Å². The summed E-state index contributed by atoms with van der Waals surface area (Å²) >= 11 is 0. The van der Waals surface area contributed by atoms with Gasteiger partial charge in [0.1, 0.15) is 22.3 Å². The highest BCUT2D eigenvalue weighted by Crippen LogP contribution is 2.52. The summed E-state index contributed by atoms with van der Waals surface area (Å²) in [5.74, 6) is 0. The maximum atomic E-state index is 6.66. The Kier molecular flexibility index (Phi) is 10.5. The second kappa shape index (κ2) is 18.1. The van der Waals surface area contributed by atoms with Gasteiger partial charge in [-0.1, -0.05) is 206 Å². The predicted molar refractivity (Wildman–Crippen MR) is 310 cm³/mol. The van der Waals surface area contributed by atoms with Gasteiger partial charge in [-0.25, -0.2) is 0 Å². The van der Waals surface area contributed by atoms with Gasteiger partial charge < -0.3 is 18.6 Å². The largest absolute Gasteiger partial charge is 0.456 e. The lowest BCUT2D eigenvalue weighted by molar-refractivity contribution is 0.668. The maximum absolute atomic E-state index is 6.66. The number of hydrogen-bond donors (Lipinski definition) is 0. The molecule has 14 aromatic rings. The van der Waals surface area contributed by atoms with Gasteiger partial charge in [0.05, 0.1) is 39.2 Å². The second-order valence-corrected chi connectivity index (χ2v) is 18.8. The molecule has 348 valence electrons. The lowest BCUT2D eigenvalue weighted by atomic mass is 9.91. The van der Waals surface area contributed by atoms with Gasteiger partial charge in [0.2, 0.25) is 0 Å². The average Bonchev–Trinajstić information content (AvgIpc) is 4.06. The van der Waals surface area contributed by atoms with E-state index in [9.17, 15) is 0 Å². The molecule has 0 aliphatic carbocycles. The minimum atomic E-state index is 0.829. The van der Waals surface area contributed by atoms with E-state index in [0.717, 1.165) is 133 Å². The number of nitrogens with zero attached hydrogens (tertiary/aromatic N) is 2. The molecule has 14 rings (SSSR count). The van der Waals surface area contributed by atoms with E-state index < -0.39 is 0 Å². The first-order chi connectivity index (χ1) is 36.7. The van der Waals surface area contributed by atoms with Crippen LogP contribution in [0.15, 0.2) is 288 Å². The highest BCUT2D eigenvalue weighted by atomic mass is 16.3. The highest BCUT2D eigenvalue weighted by molar-refractivity contribution is 6.17. The van der Waals surface area contributed by atoms with Gasteiger partial charge in [0, 0.05) is 33.2 Å². The molecule has 0 atom stereocenters. The van der Waals surface area contributed by atoms with Crippen LogP contribution < -0.4 is 9.80 Å². The SMILES string of the molecule is c1ccc(-c2ccccc2N(c2cc(-c3ccccc3)c3cc(-c4ccccc4)c(N(c4ccccc4-c4ccccc4)c4cccc5oc6ccccc6c45)cc3c2)c2cccc3oc4ccccc4c23)cc1. The summed E-state index contributed by atoms with van der Waals surface area (Å²) in [6.45, 7) is 0. The zero-order valence-corrected chi connectivity index (χ0v) is 40.3. The standard InChI is InChI=1S/C70H46N2O2/c1-5-23-47(24-6-1)53-31-13-17-35-60(53)71(62-37-21-41-67-69(62)55-33-15-19-39-65(55)73-67)52-43-51-44-64(59(50-29-11-4-12-30-50)46-58(51)57(45-52)49-27-9-3-10-28-49)72(61-36-18-14-32-54(61)48-25-7-2-8-26-48)63-38-22-42-68-70(63)56-34-16-20-40-66(56)74-68/h1-46H. The molecule has 0 bridgehead atoms. The quantitative estimate of drug-likeness (QED) is 0.137. The Hall–Kier alpha value is -9.90. The molecule has 0 radical (unpaired) electrons. The van der Waals surface area contributed by atoms with Crippen molar-refractivity contribution in [3.63, 3.8) is 0 Å². The molecule has 0 N–H and O–H groups in total. The van der Waals surface area contributed by atoms with Crippen LogP contribution in [0.3, 0.4) is 0 Å². The van der Waals surface area contributed by atoms with E-state index in [1.807, 2.05) is 12.1 Å². The van der Waals surface area contributed by atoms with Gasteiger partial charge in [0.15, 0.2) is 0 Å². The average molecular weight is 947 g/mol. The molecular formula is C70H46N2O2. The Morgan fingerprint density at radius 3 is 1.15 bits per heavy atom. The van der Waals surface area contributed by atoms with Crippen LogP contribution >= 0.6 is 0 Å². The fourth-order valence-corrected chi connectivity index (χ4v) is 11.1. The first kappa shape index (κ1) is 42.9. The summed E-state index contributed by atoms with van der Waals surface area (Å²) in [6, 6.07) is 99.9. The molecule has 12 aromatic carbocycles. The van der Waals surface area contributed by atoms with Crippen LogP contribution in [-0.2, 0) is 0 Å². The summed E-state index contributed by atoms with van der Waals surface area (Å²) in [6.07, 6.45) is 0. The second-order valence-electron chi connectivity index (χ2n) is 18.8. The molecule has 4 nitrogen and oxygen atoms in total. The van der Waals surface area contributed by atoms with Crippen molar-refractivity contribution in [2.24, 2.45) is 0 Å². The number of benzene rings is 12. The molecule has 0 unspecified atom stereocenters. The molecular weight excluding hydrogens is 901 g/mol. The molecule has 0 spiro atoms. The van der Waals surface area contributed by atoms with Crippen molar-refractivity contribution >= 4 is 88.8 Å². The number of furan rings is 2. The Morgan fingerprint density at radius 2 is 0.622 bits per heavy atom. The first-order valence-electron chi connectivity index (χ1n) is 25.2. The molecule has 0 aliphatic rings. The monoisotopic (exact) mass is 946 g/mol. The molecule has 2 heterocycles. The van der Waals surface area contributed by atoms with Crippen molar-refractivity contribution in [2.45, 2.75) is 0 Å². The summed E-state index contributed by atoms with van der Waals surface area (Å²) in [4.78, 5) is 4.92. The van der Waals surface area contributed by atoms with Gasteiger partial charge in [-0.15, -0.1) is 0 Å². The third-order valence-corrected chi connectivity index (χ3v) is 14.4. The van der Waals surface area contributed by atoms with Crippen molar-refractivity contribution in [3.8, 4) is 44.5 Å². The minimum Gasteiger partial charge on any atom is -0.456 e. The molecule has 0 saturated heterocycles. The van der Waals surface area contributed by atoms with Crippen LogP contribution in [0.25, 0.3) is 99.2 Å². The van der Waals surface area contributed by atoms with Gasteiger partial charge in [-0.05, 0) is 111 Å². The highest BCUT2D eigenvalue weighted by Gasteiger charge is 2.28. The van der Waals surface area contributed by atoms with Gasteiger partial charge in [0.25, 0.3) is 0 Å². The van der Waals surface area contributed by atoms with Crippen LogP contribution in [0.4, 0.5) is 34.1 Å². The fourth-order valence-electron chi connectivity index (χ4n) is 11.1. The van der Waals surface area contributed by atoms with Crippen LogP contribution in [0.5, 0.6) is 0 Å². The maximum Gasteiger partial charge on any atom is 0.137 e. The minimum absolute atomic E-state index is 0.829. The molecule has 2 aromatic heterocycles. The fraction of sp³-hybridized carbons (Fsp3) is 0. The number of anilines is 6. The number of rotatable bonds is 10. The van der Waals surface area contributed by atoms with Gasteiger partial charge in [-0.2, -0.15) is 0 Å². The third kappa shape index (κ3) is 7.31. The summed E-state index contributed by atoms with van der Waals surface area (Å²) in [5.41, 5.74) is 18.5. The summed E-state index contributed by atoms with van der Waals surface area (Å²) < 4.78 is 13.3. The first-order valence-corrected chi connectivity index (χ1v) is 25.2. The summed E-state index contributed by atoms with van der Waals surface area (Å²) in [7, 11) is 0. The van der Waals surface area contributed by atoms with E-state index in [2.05, 4.69) is 277 Å². The predicted octanol–water partition coefficient (Wildman–Crippen LogP) is 20.2.